The summed E-state index contributed by atoms with van der Waals surface area (Å²) in [7, 11) is 0. The van der Waals surface area contributed by atoms with Crippen LogP contribution in [0, 0.1) is 0 Å². The molecule has 6 heterocycles. The number of alkyl halides is 3. The van der Waals surface area contributed by atoms with Crippen LogP contribution in [0.15, 0.2) is 18.5 Å². The van der Waals surface area contributed by atoms with Gasteiger partial charge < -0.3 is 18.9 Å². The van der Waals surface area contributed by atoms with E-state index in [1.807, 2.05) is 11.1 Å². The monoisotopic (exact) mass is 489 g/mol. The molecule has 0 fully saturated rings. The zero-order valence-electron chi connectivity index (χ0n) is 18.5. The van der Waals surface area contributed by atoms with Gasteiger partial charge in [-0.2, -0.15) is 18.2 Å². The van der Waals surface area contributed by atoms with E-state index in [2.05, 4.69) is 37.6 Å². The lowest BCUT2D eigenvalue weighted by Crippen LogP contribution is -2.37. The molecule has 0 atom stereocenters. The summed E-state index contributed by atoms with van der Waals surface area (Å²) in [4.78, 5) is 20.5. The van der Waals surface area contributed by atoms with Crippen LogP contribution in [0.1, 0.15) is 35.7 Å². The van der Waals surface area contributed by atoms with Crippen molar-refractivity contribution in [1.82, 2.24) is 34.3 Å². The fraction of sp³-hybridized carbons (Fsp3) is 0.476. The van der Waals surface area contributed by atoms with Gasteiger partial charge >= 0.3 is 6.18 Å². The molecule has 0 unspecified atom stereocenters. The fourth-order valence-corrected chi connectivity index (χ4v) is 5.71. The molecule has 0 saturated heterocycles. The van der Waals surface area contributed by atoms with Gasteiger partial charge in [0.15, 0.2) is 5.82 Å². The quantitative estimate of drug-likeness (QED) is 0.434. The van der Waals surface area contributed by atoms with Gasteiger partial charge in [-0.1, -0.05) is 13.3 Å². The third-order valence-corrected chi connectivity index (χ3v) is 7.33. The number of imidazole rings is 1. The van der Waals surface area contributed by atoms with Crippen molar-refractivity contribution in [2.24, 2.45) is 0 Å². The second-order valence-corrected chi connectivity index (χ2v) is 9.61. The Morgan fingerprint density at radius 1 is 1.00 bits per heavy atom. The van der Waals surface area contributed by atoms with Gasteiger partial charge in [0.2, 0.25) is 11.8 Å². The molecule has 13 heteroatoms. The number of aromatic nitrogens is 7. The SMILES string of the molecule is CCCc1cc2c(N3CCn4c(nnc4C(F)(F)F)C3)nc(N3CCn4ccnc4C3)nc2s1. The second kappa shape index (κ2) is 7.93. The van der Waals surface area contributed by atoms with Crippen LogP contribution in [0.5, 0.6) is 0 Å². The predicted octanol–water partition coefficient (Wildman–Crippen LogP) is 3.49. The highest BCUT2D eigenvalue weighted by Gasteiger charge is 2.40. The van der Waals surface area contributed by atoms with Crippen LogP contribution in [0.2, 0.25) is 0 Å². The molecule has 178 valence electrons. The highest BCUT2D eigenvalue weighted by molar-refractivity contribution is 7.18. The Morgan fingerprint density at radius 2 is 1.82 bits per heavy atom. The Morgan fingerprint density at radius 3 is 2.65 bits per heavy atom. The molecular formula is C21H22F3N9S. The van der Waals surface area contributed by atoms with Gasteiger partial charge in [-0.25, -0.2) is 9.97 Å². The number of thiophene rings is 1. The number of rotatable bonds is 4. The first-order valence-corrected chi connectivity index (χ1v) is 12.0. The van der Waals surface area contributed by atoms with Gasteiger partial charge in [0.05, 0.1) is 18.5 Å². The number of fused-ring (bicyclic) bond motifs is 3. The van der Waals surface area contributed by atoms with Gasteiger partial charge in [0.25, 0.3) is 0 Å². The molecule has 0 N–H and O–H groups in total. The molecule has 6 rings (SSSR count). The summed E-state index contributed by atoms with van der Waals surface area (Å²) in [5, 5.41) is 8.17. The minimum atomic E-state index is -4.52. The smallest absolute Gasteiger partial charge is 0.347 e. The van der Waals surface area contributed by atoms with E-state index < -0.39 is 12.0 Å². The van der Waals surface area contributed by atoms with Gasteiger partial charge in [0, 0.05) is 43.4 Å². The van der Waals surface area contributed by atoms with Crippen molar-refractivity contribution in [1.29, 1.82) is 0 Å². The van der Waals surface area contributed by atoms with E-state index in [-0.39, 0.29) is 18.9 Å². The Balaban J connectivity index is 1.39. The maximum atomic E-state index is 13.3. The van der Waals surface area contributed by atoms with E-state index in [9.17, 15) is 13.2 Å². The first-order chi connectivity index (χ1) is 16.4. The number of anilines is 2. The molecule has 0 bridgehead atoms. The third-order valence-electron chi connectivity index (χ3n) is 6.24. The molecule has 0 aromatic carbocycles. The Labute approximate surface area is 196 Å². The van der Waals surface area contributed by atoms with Crippen LogP contribution in [-0.4, -0.2) is 47.4 Å². The topological polar surface area (TPSA) is 80.8 Å². The zero-order chi connectivity index (χ0) is 23.4. The van der Waals surface area contributed by atoms with Crippen molar-refractivity contribution in [3.63, 3.8) is 0 Å². The Kier molecular flexibility index (Phi) is 4.97. The predicted molar refractivity (Wildman–Crippen MR) is 121 cm³/mol. The molecule has 0 aliphatic carbocycles. The molecular weight excluding hydrogens is 467 g/mol. The number of hydrogen-bond donors (Lipinski definition) is 0. The summed E-state index contributed by atoms with van der Waals surface area (Å²) in [6, 6.07) is 2.12. The third kappa shape index (κ3) is 3.58. The summed E-state index contributed by atoms with van der Waals surface area (Å²) < 4.78 is 43.1. The maximum absolute atomic E-state index is 13.3. The van der Waals surface area contributed by atoms with Crippen LogP contribution in [0.3, 0.4) is 0 Å². The number of aryl methyl sites for hydroxylation is 1. The molecule has 9 nitrogen and oxygen atoms in total. The first-order valence-electron chi connectivity index (χ1n) is 11.2. The van der Waals surface area contributed by atoms with Gasteiger partial charge in [-0.05, 0) is 12.5 Å². The van der Waals surface area contributed by atoms with Crippen LogP contribution >= 0.6 is 11.3 Å². The van der Waals surface area contributed by atoms with E-state index in [1.54, 1.807) is 17.5 Å². The number of nitrogens with zero attached hydrogens (tertiary/aromatic N) is 9. The van der Waals surface area contributed by atoms with Crippen molar-refractivity contribution >= 4 is 33.3 Å². The Hall–Kier alpha value is -3.22. The van der Waals surface area contributed by atoms with Gasteiger partial charge in [-0.15, -0.1) is 21.5 Å². The number of halogens is 3. The van der Waals surface area contributed by atoms with E-state index in [0.717, 1.165) is 52.4 Å². The van der Waals surface area contributed by atoms with Crippen molar-refractivity contribution in [2.45, 2.75) is 52.1 Å². The maximum Gasteiger partial charge on any atom is 0.451 e. The van der Waals surface area contributed by atoms with Crippen LogP contribution in [-0.2, 0) is 38.8 Å². The molecule has 0 amide bonds. The van der Waals surface area contributed by atoms with Crippen molar-refractivity contribution in [3.05, 3.63) is 40.8 Å². The Bertz CT molecular complexity index is 1360. The first kappa shape index (κ1) is 21.3. The van der Waals surface area contributed by atoms with E-state index in [1.165, 1.54) is 4.88 Å². The van der Waals surface area contributed by atoms with Gasteiger partial charge in [-0.3, -0.25) is 0 Å². The summed E-state index contributed by atoms with van der Waals surface area (Å²) in [6.45, 7) is 5.02. The molecule has 4 aromatic heterocycles. The largest absolute Gasteiger partial charge is 0.451 e. The molecule has 0 saturated carbocycles. The minimum Gasteiger partial charge on any atom is -0.347 e. The average molecular weight is 490 g/mol. The summed E-state index contributed by atoms with van der Waals surface area (Å²) in [5.74, 6) is 1.65. The molecule has 4 aromatic rings. The van der Waals surface area contributed by atoms with Crippen LogP contribution in [0.4, 0.5) is 24.9 Å². The molecule has 2 aliphatic heterocycles. The van der Waals surface area contributed by atoms with Crippen molar-refractivity contribution < 1.29 is 13.2 Å². The normalized spacial score (nSPS) is 16.2. The summed E-state index contributed by atoms with van der Waals surface area (Å²) in [6.07, 6.45) is 1.21. The average Bonchev–Trinajstić information content (AvgIpc) is 3.54. The number of hydrogen-bond acceptors (Lipinski definition) is 8. The van der Waals surface area contributed by atoms with Crippen LogP contribution < -0.4 is 9.80 Å². The lowest BCUT2D eigenvalue weighted by molar-refractivity contribution is -0.147. The highest BCUT2D eigenvalue weighted by atomic mass is 32.1. The van der Waals surface area contributed by atoms with Gasteiger partial charge in [0.1, 0.15) is 16.5 Å². The fourth-order valence-electron chi connectivity index (χ4n) is 4.59. The zero-order valence-corrected chi connectivity index (χ0v) is 19.3. The standard InChI is InChI=1S/C21H22F3N9S/c1-2-3-13-10-14-17(31-8-9-33-16(12-31)28-29-19(33)21(22,23)24)26-20(27-18(14)34-13)32-7-6-30-5-4-25-15(30)11-32/h4-5,10H,2-3,6-9,11-12H2,1H3. The lowest BCUT2D eigenvalue weighted by atomic mass is 10.2. The molecule has 34 heavy (non-hydrogen) atoms. The molecule has 0 radical (unpaired) electrons. The highest BCUT2D eigenvalue weighted by Crippen LogP contribution is 2.36. The second-order valence-electron chi connectivity index (χ2n) is 8.50. The van der Waals surface area contributed by atoms with E-state index >= 15 is 0 Å². The molecule has 2 aliphatic rings. The summed E-state index contributed by atoms with van der Waals surface area (Å²) >= 11 is 1.65. The summed E-state index contributed by atoms with van der Waals surface area (Å²) in [5.41, 5.74) is 0. The lowest BCUT2D eigenvalue weighted by Gasteiger charge is -2.31. The van der Waals surface area contributed by atoms with E-state index in [0.29, 0.717) is 19.0 Å². The van der Waals surface area contributed by atoms with Crippen LogP contribution in [0.25, 0.3) is 10.2 Å². The van der Waals surface area contributed by atoms with Crippen molar-refractivity contribution in [3.8, 4) is 0 Å². The van der Waals surface area contributed by atoms with E-state index in [4.69, 9.17) is 9.97 Å². The molecule has 0 spiro atoms. The van der Waals surface area contributed by atoms with Crippen molar-refractivity contribution in [2.75, 3.05) is 22.9 Å². The minimum absolute atomic E-state index is 0.144.